The summed E-state index contributed by atoms with van der Waals surface area (Å²) < 4.78 is 5.46. The molecule has 0 fully saturated rings. The van der Waals surface area contributed by atoms with Gasteiger partial charge in [-0.2, -0.15) is 0 Å². The van der Waals surface area contributed by atoms with Gasteiger partial charge in [0.15, 0.2) is 0 Å². The number of nitrogen functional groups attached to an aromatic ring is 1. The molecule has 7 heteroatoms. The van der Waals surface area contributed by atoms with Crippen LogP contribution >= 0.6 is 15.9 Å². The fraction of sp³-hybridized carbons (Fsp3) is 0.333. The van der Waals surface area contributed by atoms with Gasteiger partial charge in [-0.15, -0.1) is 0 Å². The Labute approximate surface area is 119 Å². The molecule has 0 aromatic heterocycles. The SMILES string of the molecule is COCCC(NC(=O)c1cc(N)cc(Br)c1)C(=O)O. The van der Waals surface area contributed by atoms with Gasteiger partial charge in [0.2, 0.25) is 0 Å². The van der Waals surface area contributed by atoms with Crippen LogP contribution in [0.25, 0.3) is 0 Å². The Morgan fingerprint density at radius 2 is 2.16 bits per heavy atom. The summed E-state index contributed by atoms with van der Waals surface area (Å²) in [5, 5.41) is 11.4. The molecular formula is C12H15BrN2O4. The normalized spacial score (nSPS) is 11.9. The number of amides is 1. The predicted molar refractivity (Wildman–Crippen MR) is 73.9 cm³/mol. The van der Waals surface area contributed by atoms with E-state index in [1.807, 2.05) is 0 Å². The number of hydrogen-bond acceptors (Lipinski definition) is 4. The van der Waals surface area contributed by atoms with Crippen molar-refractivity contribution in [3.8, 4) is 0 Å². The summed E-state index contributed by atoms with van der Waals surface area (Å²) in [6.07, 6.45) is 0.195. The molecule has 0 radical (unpaired) electrons. The molecular weight excluding hydrogens is 316 g/mol. The fourth-order valence-electron chi connectivity index (χ4n) is 1.48. The molecule has 0 saturated heterocycles. The second-order valence-electron chi connectivity index (χ2n) is 3.92. The van der Waals surface area contributed by atoms with E-state index in [4.69, 9.17) is 15.6 Å². The standard InChI is InChI=1S/C12H15BrN2O4/c1-19-3-2-10(12(17)18)15-11(16)7-4-8(13)6-9(14)5-7/h4-6,10H,2-3,14H2,1H3,(H,15,16)(H,17,18). The lowest BCUT2D eigenvalue weighted by atomic mass is 10.1. The summed E-state index contributed by atoms with van der Waals surface area (Å²) in [6, 6.07) is 3.71. The van der Waals surface area contributed by atoms with E-state index in [1.165, 1.54) is 13.2 Å². The van der Waals surface area contributed by atoms with Crippen molar-refractivity contribution in [3.05, 3.63) is 28.2 Å². The maximum atomic E-state index is 11.9. The van der Waals surface area contributed by atoms with E-state index in [0.717, 1.165) is 0 Å². The number of methoxy groups -OCH3 is 1. The van der Waals surface area contributed by atoms with Gasteiger partial charge in [0.05, 0.1) is 0 Å². The Bertz CT molecular complexity index is 459. The summed E-state index contributed by atoms with van der Waals surface area (Å²) in [7, 11) is 1.47. The number of carbonyl (C=O) groups is 2. The molecule has 1 atom stereocenters. The molecule has 6 nitrogen and oxygen atoms in total. The van der Waals surface area contributed by atoms with E-state index >= 15 is 0 Å². The minimum Gasteiger partial charge on any atom is -0.480 e. The van der Waals surface area contributed by atoms with Gasteiger partial charge in [-0.25, -0.2) is 4.79 Å². The number of nitrogens with two attached hydrogens (primary N) is 1. The second kappa shape index (κ2) is 7.10. The van der Waals surface area contributed by atoms with Crippen LogP contribution in [0.2, 0.25) is 0 Å². The van der Waals surface area contributed by atoms with Crippen LogP contribution < -0.4 is 11.1 Å². The molecule has 4 N–H and O–H groups in total. The maximum Gasteiger partial charge on any atom is 0.326 e. The molecule has 104 valence electrons. The maximum absolute atomic E-state index is 11.9. The number of nitrogens with one attached hydrogen (secondary N) is 1. The van der Waals surface area contributed by atoms with E-state index in [2.05, 4.69) is 21.2 Å². The third-order valence-corrected chi connectivity index (χ3v) is 2.85. The Morgan fingerprint density at radius 1 is 1.47 bits per heavy atom. The number of aliphatic carboxylic acids is 1. The Morgan fingerprint density at radius 3 is 2.68 bits per heavy atom. The average molecular weight is 331 g/mol. The molecule has 0 heterocycles. The topological polar surface area (TPSA) is 102 Å². The zero-order valence-corrected chi connectivity index (χ0v) is 11.9. The van der Waals surface area contributed by atoms with E-state index < -0.39 is 17.9 Å². The fourth-order valence-corrected chi connectivity index (χ4v) is 1.99. The van der Waals surface area contributed by atoms with Crippen molar-refractivity contribution < 1.29 is 19.4 Å². The molecule has 1 unspecified atom stereocenters. The van der Waals surface area contributed by atoms with Crippen molar-refractivity contribution in [1.82, 2.24) is 5.32 Å². The highest BCUT2D eigenvalue weighted by atomic mass is 79.9. The number of rotatable bonds is 6. The van der Waals surface area contributed by atoms with Crippen LogP contribution in [0.5, 0.6) is 0 Å². The van der Waals surface area contributed by atoms with Crippen LogP contribution in [0.1, 0.15) is 16.8 Å². The molecule has 0 aliphatic carbocycles. The van der Waals surface area contributed by atoms with Gasteiger partial charge in [0.1, 0.15) is 6.04 Å². The zero-order valence-electron chi connectivity index (χ0n) is 10.4. The molecule has 0 aliphatic rings. The van der Waals surface area contributed by atoms with Crippen LogP contribution in [-0.4, -0.2) is 36.7 Å². The van der Waals surface area contributed by atoms with Gasteiger partial charge >= 0.3 is 5.97 Å². The van der Waals surface area contributed by atoms with Crippen molar-refractivity contribution in [2.24, 2.45) is 0 Å². The molecule has 1 amide bonds. The molecule has 0 aliphatic heterocycles. The smallest absolute Gasteiger partial charge is 0.326 e. The highest BCUT2D eigenvalue weighted by Gasteiger charge is 2.20. The van der Waals surface area contributed by atoms with Crippen LogP contribution in [0, 0.1) is 0 Å². The Balaban J connectivity index is 2.78. The highest BCUT2D eigenvalue weighted by molar-refractivity contribution is 9.10. The minimum absolute atomic E-state index is 0.195. The monoisotopic (exact) mass is 330 g/mol. The summed E-state index contributed by atoms with van der Waals surface area (Å²) in [5.41, 5.74) is 6.34. The van der Waals surface area contributed by atoms with Gasteiger partial charge in [0.25, 0.3) is 5.91 Å². The largest absolute Gasteiger partial charge is 0.480 e. The van der Waals surface area contributed by atoms with Crippen molar-refractivity contribution >= 4 is 33.5 Å². The first-order valence-electron chi connectivity index (χ1n) is 5.52. The van der Waals surface area contributed by atoms with Gasteiger partial charge < -0.3 is 20.9 Å². The summed E-state index contributed by atoms with van der Waals surface area (Å²) in [5.74, 6) is -1.59. The summed E-state index contributed by atoms with van der Waals surface area (Å²) in [6.45, 7) is 0.248. The average Bonchev–Trinajstić information content (AvgIpc) is 2.32. The number of anilines is 1. The van der Waals surface area contributed by atoms with E-state index in [9.17, 15) is 9.59 Å². The third kappa shape index (κ3) is 4.88. The van der Waals surface area contributed by atoms with E-state index in [0.29, 0.717) is 15.7 Å². The molecule has 0 saturated carbocycles. The molecule has 0 bridgehead atoms. The predicted octanol–water partition coefficient (Wildman–Crippen LogP) is 1.25. The third-order valence-electron chi connectivity index (χ3n) is 2.40. The number of carboxylic acids is 1. The number of carbonyl (C=O) groups excluding carboxylic acids is 1. The van der Waals surface area contributed by atoms with Crippen molar-refractivity contribution in [3.63, 3.8) is 0 Å². The first kappa shape index (κ1) is 15.5. The molecule has 19 heavy (non-hydrogen) atoms. The van der Waals surface area contributed by atoms with Crippen molar-refractivity contribution in [2.45, 2.75) is 12.5 Å². The molecule has 1 aromatic rings. The Kier molecular flexibility index (Phi) is 5.78. The van der Waals surface area contributed by atoms with Crippen molar-refractivity contribution in [1.29, 1.82) is 0 Å². The summed E-state index contributed by atoms with van der Waals surface area (Å²) >= 11 is 3.22. The number of halogens is 1. The Hall–Kier alpha value is -1.60. The first-order chi connectivity index (χ1) is 8.93. The minimum atomic E-state index is -1.10. The summed E-state index contributed by atoms with van der Waals surface area (Å²) in [4.78, 5) is 22.9. The molecule has 0 spiro atoms. The van der Waals surface area contributed by atoms with Gasteiger partial charge in [-0.1, -0.05) is 15.9 Å². The zero-order chi connectivity index (χ0) is 14.4. The first-order valence-corrected chi connectivity index (χ1v) is 6.32. The quantitative estimate of drug-likeness (QED) is 0.681. The van der Waals surface area contributed by atoms with E-state index in [1.54, 1.807) is 12.1 Å². The van der Waals surface area contributed by atoms with Gasteiger partial charge in [-0.3, -0.25) is 4.79 Å². The lowest BCUT2D eigenvalue weighted by Gasteiger charge is -2.14. The second-order valence-corrected chi connectivity index (χ2v) is 4.83. The van der Waals surface area contributed by atoms with Crippen LogP contribution in [-0.2, 0) is 9.53 Å². The number of hydrogen-bond donors (Lipinski definition) is 3. The van der Waals surface area contributed by atoms with Gasteiger partial charge in [-0.05, 0) is 18.2 Å². The van der Waals surface area contributed by atoms with Crippen molar-refractivity contribution in [2.75, 3.05) is 19.5 Å². The highest BCUT2D eigenvalue weighted by Crippen LogP contribution is 2.17. The lowest BCUT2D eigenvalue weighted by Crippen LogP contribution is -2.41. The van der Waals surface area contributed by atoms with Crippen LogP contribution in [0.3, 0.4) is 0 Å². The lowest BCUT2D eigenvalue weighted by molar-refractivity contribution is -0.139. The number of benzene rings is 1. The molecule has 1 aromatic carbocycles. The number of ether oxygens (including phenoxy) is 1. The van der Waals surface area contributed by atoms with Crippen LogP contribution in [0.4, 0.5) is 5.69 Å². The van der Waals surface area contributed by atoms with Gasteiger partial charge in [0, 0.05) is 35.9 Å². The van der Waals surface area contributed by atoms with Crippen LogP contribution in [0.15, 0.2) is 22.7 Å². The van der Waals surface area contributed by atoms with E-state index in [-0.39, 0.29) is 13.0 Å². The molecule has 1 rings (SSSR count). The number of carboxylic acid groups (broad SMARTS) is 1.